The van der Waals surface area contributed by atoms with Gasteiger partial charge < -0.3 is 5.43 Å². The summed E-state index contributed by atoms with van der Waals surface area (Å²) in [6, 6.07) is 18.9. The number of anilines is 1. The Hall–Kier alpha value is -1.45. The summed E-state index contributed by atoms with van der Waals surface area (Å²) in [5.41, 5.74) is 8.85. The zero-order valence-corrected chi connectivity index (χ0v) is 12.7. The molecule has 0 aliphatic carbocycles. The normalized spacial score (nSPS) is 10.4. The van der Waals surface area contributed by atoms with E-state index in [0.717, 1.165) is 12.2 Å². The monoisotopic (exact) mass is 286 g/mol. The van der Waals surface area contributed by atoms with Crippen molar-refractivity contribution >= 4 is 17.4 Å². The second-order valence-corrected chi connectivity index (χ2v) is 5.86. The summed E-state index contributed by atoms with van der Waals surface area (Å²) in [4.78, 5) is 1.36. The second-order valence-electron chi connectivity index (χ2n) is 4.69. The highest BCUT2D eigenvalue weighted by atomic mass is 32.2. The van der Waals surface area contributed by atoms with Crippen LogP contribution in [0.4, 0.5) is 5.69 Å². The van der Waals surface area contributed by atoms with Gasteiger partial charge in [-0.3, -0.25) is 0 Å². The first kappa shape index (κ1) is 14.9. The molecule has 0 atom stereocenters. The standard InChI is InChI=1S/C17H22N2S/c1-2-3-12-20-17-11-7-8-15(13-17)14-18-19-16-9-5-4-6-10-16/h4-11,13,18-19H,2-3,12,14H2,1H3. The average molecular weight is 286 g/mol. The fourth-order valence-electron chi connectivity index (χ4n) is 1.85. The fourth-order valence-corrected chi connectivity index (χ4v) is 2.93. The third-order valence-electron chi connectivity index (χ3n) is 2.96. The Labute approximate surface area is 126 Å². The molecule has 0 bridgehead atoms. The summed E-state index contributed by atoms with van der Waals surface area (Å²) >= 11 is 1.94. The van der Waals surface area contributed by atoms with Crippen LogP contribution >= 0.6 is 11.8 Å². The van der Waals surface area contributed by atoms with Gasteiger partial charge in [0, 0.05) is 17.1 Å². The van der Waals surface area contributed by atoms with E-state index in [1.807, 2.05) is 42.1 Å². The lowest BCUT2D eigenvalue weighted by Gasteiger charge is -2.09. The number of thioether (sulfide) groups is 1. The minimum atomic E-state index is 0.817. The number of rotatable bonds is 8. The molecule has 0 radical (unpaired) electrons. The first-order valence-corrected chi connectivity index (χ1v) is 8.12. The third-order valence-corrected chi connectivity index (χ3v) is 4.04. The van der Waals surface area contributed by atoms with Crippen molar-refractivity contribution < 1.29 is 0 Å². The number of nitrogens with one attached hydrogen (secondary N) is 2. The lowest BCUT2D eigenvalue weighted by atomic mass is 10.2. The van der Waals surface area contributed by atoms with Crippen LogP contribution in [0.5, 0.6) is 0 Å². The molecule has 0 heterocycles. The Balaban J connectivity index is 1.79. The predicted molar refractivity (Wildman–Crippen MR) is 89.0 cm³/mol. The number of hydrazine groups is 1. The van der Waals surface area contributed by atoms with Gasteiger partial charge in [-0.25, -0.2) is 5.43 Å². The van der Waals surface area contributed by atoms with Crippen LogP contribution in [-0.2, 0) is 6.54 Å². The molecule has 3 heteroatoms. The molecular formula is C17H22N2S. The van der Waals surface area contributed by atoms with Crippen LogP contribution in [0.2, 0.25) is 0 Å². The molecule has 0 saturated carbocycles. The largest absolute Gasteiger partial charge is 0.321 e. The summed E-state index contributed by atoms with van der Waals surface area (Å²) in [7, 11) is 0. The zero-order valence-electron chi connectivity index (χ0n) is 11.9. The average Bonchev–Trinajstić information content (AvgIpc) is 2.49. The summed E-state index contributed by atoms with van der Waals surface area (Å²) < 4.78 is 0. The first-order valence-electron chi connectivity index (χ1n) is 7.14. The van der Waals surface area contributed by atoms with Crippen molar-refractivity contribution in [3.8, 4) is 0 Å². The van der Waals surface area contributed by atoms with Crippen molar-refractivity contribution in [3.63, 3.8) is 0 Å². The van der Waals surface area contributed by atoms with Crippen LogP contribution in [0.3, 0.4) is 0 Å². The van der Waals surface area contributed by atoms with Crippen LogP contribution < -0.4 is 10.9 Å². The minimum absolute atomic E-state index is 0.817. The molecule has 0 saturated heterocycles. The molecule has 0 aliphatic rings. The summed E-state index contributed by atoms with van der Waals surface area (Å²) in [5.74, 6) is 1.20. The van der Waals surface area contributed by atoms with Crippen LogP contribution in [0.1, 0.15) is 25.3 Å². The van der Waals surface area contributed by atoms with Crippen LogP contribution in [-0.4, -0.2) is 5.75 Å². The number of para-hydroxylation sites is 1. The van der Waals surface area contributed by atoms with E-state index < -0.39 is 0 Å². The molecule has 0 aromatic heterocycles. The molecule has 0 amide bonds. The van der Waals surface area contributed by atoms with Gasteiger partial charge in [0.2, 0.25) is 0 Å². The molecule has 0 fully saturated rings. The van der Waals surface area contributed by atoms with Gasteiger partial charge in [0.1, 0.15) is 0 Å². The molecule has 0 spiro atoms. The van der Waals surface area contributed by atoms with Crippen molar-refractivity contribution in [3.05, 3.63) is 60.2 Å². The Kier molecular flexibility index (Phi) is 6.48. The molecule has 106 valence electrons. The molecule has 2 aromatic carbocycles. The maximum Gasteiger partial charge on any atom is 0.0487 e. The van der Waals surface area contributed by atoms with Crippen molar-refractivity contribution in [2.24, 2.45) is 0 Å². The maximum absolute atomic E-state index is 3.25. The molecular weight excluding hydrogens is 264 g/mol. The van der Waals surface area contributed by atoms with Gasteiger partial charge >= 0.3 is 0 Å². The first-order chi connectivity index (χ1) is 9.88. The molecule has 2 N–H and O–H groups in total. The number of hydrogen-bond acceptors (Lipinski definition) is 3. The van der Waals surface area contributed by atoms with E-state index in [0.29, 0.717) is 0 Å². The smallest absolute Gasteiger partial charge is 0.0487 e. The molecule has 2 rings (SSSR count). The highest BCUT2D eigenvalue weighted by Gasteiger charge is 1.97. The SMILES string of the molecule is CCCCSc1cccc(CNNc2ccccc2)c1. The molecule has 20 heavy (non-hydrogen) atoms. The Morgan fingerprint density at radius 1 is 1.00 bits per heavy atom. The summed E-state index contributed by atoms with van der Waals surface area (Å²) in [5, 5.41) is 0. The van der Waals surface area contributed by atoms with Gasteiger partial charge in [-0.1, -0.05) is 43.7 Å². The van der Waals surface area contributed by atoms with Crippen LogP contribution in [0.25, 0.3) is 0 Å². The van der Waals surface area contributed by atoms with Crippen LogP contribution in [0.15, 0.2) is 59.5 Å². The van der Waals surface area contributed by atoms with Crippen molar-refractivity contribution in [1.29, 1.82) is 0 Å². The van der Waals surface area contributed by atoms with Gasteiger partial charge in [-0.05, 0) is 42.0 Å². The predicted octanol–water partition coefficient (Wildman–Crippen LogP) is 4.70. The van der Waals surface area contributed by atoms with E-state index in [2.05, 4.69) is 42.0 Å². The number of hydrogen-bond donors (Lipinski definition) is 2. The molecule has 0 unspecified atom stereocenters. The van der Waals surface area contributed by atoms with E-state index in [9.17, 15) is 0 Å². The van der Waals surface area contributed by atoms with Crippen molar-refractivity contribution in [2.75, 3.05) is 11.2 Å². The van der Waals surface area contributed by atoms with Crippen molar-refractivity contribution in [2.45, 2.75) is 31.2 Å². The molecule has 0 aliphatic heterocycles. The van der Waals surface area contributed by atoms with E-state index in [1.54, 1.807) is 0 Å². The van der Waals surface area contributed by atoms with E-state index in [4.69, 9.17) is 0 Å². The minimum Gasteiger partial charge on any atom is -0.321 e. The zero-order chi connectivity index (χ0) is 14.0. The summed E-state index contributed by atoms with van der Waals surface area (Å²) in [6.45, 7) is 3.05. The third kappa shape index (κ3) is 5.27. The van der Waals surface area contributed by atoms with E-state index >= 15 is 0 Å². The Morgan fingerprint density at radius 3 is 2.65 bits per heavy atom. The van der Waals surface area contributed by atoms with E-state index in [-0.39, 0.29) is 0 Å². The quantitative estimate of drug-likeness (QED) is 0.418. The molecule has 2 aromatic rings. The van der Waals surface area contributed by atoms with Gasteiger partial charge in [-0.2, -0.15) is 0 Å². The highest BCUT2D eigenvalue weighted by molar-refractivity contribution is 7.99. The second kappa shape index (κ2) is 8.67. The lowest BCUT2D eigenvalue weighted by molar-refractivity contribution is 0.799. The van der Waals surface area contributed by atoms with E-state index in [1.165, 1.54) is 29.1 Å². The van der Waals surface area contributed by atoms with Gasteiger partial charge in [0.05, 0.1) is 0 Å². The van der Waals surface area contributed by atoms with Gasteiger partial charge in [0.15, 0.2) is 0 Å². The topological polar surface area (TPSA) is 24.1 Å². The number of benzene rings is 2. The highest BCUT2D eigenvalue weighted by Crippen LogP contribution is 2.20. The van der Waals surface area contributed by atoms with Gasteiger partial charge in [0.25, 0.3) is 0 Å². The van der Waals surface area contributed by atoms with Crippen LogP contribution in [0, 0.1) is 0 Å². The summed E-state index contributed by atoms with van der Waals surface area (Å²) in [6.07, 6.45) is 2.54. The maximum atomic E-state index is 3.25. The van der Waals surface area contributed by atoms with Crippen molar-refractivity contribution in [1.82, 2.24) is 5.43 Å². The van der Waals surface area contributed by atoms with Gasteiger partial charge in [-0.15, -0.1) is 11.8 Å². The Bertz CT molecular complexity index is 499. The Morgan fingerprint density at radius 2 is 1.85 bits per heavy atom. The number of unbranched alkanes of at least 4 members (excludes halogenated alkanes) is 1. The fraction of sp³-hybridized carbons (Fsp3) is 0.294. The lowest BCUT2D eigenvalue weighted by Crippen LogP contribution is -2.20. The molecule has 2 nitrogen and oxygen atoms in total.